The van der Waals surface area contributed by atoms with E-state index in [1.807, 2.05) is 13.8 Å². The minimum Gasteiger partial charge on any atom is -0.339 e. The first kappa shape index (κ1) is 15.5. The number of benzene rings is 1. The van der Waals surface area contributed by atoms with Gasteiger partial charge in [-0.25, -0.2) is 0 Å². The summed E-state index contributed by atoms with van der Waals surface area (Å²) in [5, 5.41) is 2.06. The lowest BCUT2D eigenvalue weighted by Gasteiger charge is -2.19. The smallest absolute Gasteiger partial charge is 0.253 e. The number of halogens is 1. The van der Waals surface area contributed by atoms with Crippen molar-refractivity contribution in [3.05, 3.63) is 29.8 Å². The van der Waals surface area contributed by atoms with E-state index in [2.05, 4.69) is 5.32 Å². The predicted octanol–water partition coefficient (Wildman–Crippen LogP) is 2.73. The van der Waals surface area contributed by atoms with Crippen molar-refractivity contribution in [1.82, 2.24) is 4.90 Å². The largest absolute Gasteiger partial charge is 0.339 e. The van der Waals surface area contributed by atoms with Crippen LogP contribution >= 0.6 is 11.6 Å². The van der Waals surface area contributed by atoms with Crippen LogP contribution in [0.25, 0.3) is 0 Å². The van der Waals surface area contributed by atoms with E-state index in [0.717, 1.165) is 0 Å². The van der Waals surface area contributed by atoms with Gasteiger partial charge < -0.3 is 10.2 Å². The second kappa shape index (κ2) is 7.14. The molecule has 0 radical (unpaired) electrons. The molecule has 0 aliphatic heterocycles. The van der Waals surface area contributed by atoms with Gasteiger partial charge in [-0.1, -0.05) is 6.07 Å². The van der Waals surface area contributed by atoms with E-state index in [1.165, 1.54) is 0 Å². The Hall–Kier alpha value is -1.55. The number of alkyl halides is 1. The number of hydrogen-bond acceptors (Lipinski definition) is 2. The number of amides is 2. The summed E-state index contributed by atoms with van der Waals surface area (Å²) in [4.78, 5) is 25.4. The second-order valence-electron chi connectivity index (χ2n) is 4.16. The molecule has 2 amide bonds. The van der Waals surface area contributed by atoms with Crippen LogP contribution in [0, 0.1) is 0 Å². The van der Waals surface area contributed by atoms with Gasteiger partial charge in [0.15, 0.2) is 0 Å². The van der Waals surface area contributed by atoms with Crippen LogP contribution in [-0.2, 0) is 4.79 Å². The summed E-state index contributed by atoms with van der Waals surface area (Å²) >= 11 is 5.69. The number of rotatable bonds is 5. The molecule has 5 heteroatoms. The van der Waals surface area contributed by atoms with Gasteiger partial charge >= 0.3 is 0 Å². The molecule has 0 saturated heterocycles. The third-order valence-electron chi connectivity index (χ3n) is 2.79. The van der Waals surface area contributed by atoms with Crippen LogP contribution in [0.4, 0.5) is 5.69 Å². The van der Waals surface area contributed by atoms with Gasteiger partial charge in [0.2, 0.25) is 5.91 Å². The molecule has 0 heterocycles. The molecule has 0 aliphatic carbocycles. The highest BCUT2D eigenvalue weighted by molar-refractivity contribution is 6.32. The summed E-state index contributed by atoms with van der Waals surface area (Å²) in [5.41, 5.74) is 1.14. The zero-order valence-corrected chi connectivity index (χ0v) is 12.2. The zero-order chi connectivity index (χ0) is 14.4. The van der Waals surface area contributed by atoms with Crippen molar-refractivity contribution < 1.29 is 9.59 Å². The van der Waals surface area contributed by atoms with Gasteiger partial charge in [-0.15, -0.1) is 11.6 Å². The number of nitrogens with one attached hydrogen (secondary N) is 1. The number of carbonyl (C=O) groups is 2. The molecule has 0 bridgehead atoms. The van der Waals surface area contributed by atoms with Crippen LogP contribution in [0.1, 0.15) is 31.1 Å². The van der Waals surface area contributed by atoms with Crippen LogP contribution in [0.15, 0.2) is 24.3 Å². The molecule has 1 N–H and O–H groups in total. The van der Waals surface area contributed by atoms with Gasteiger partial charge in [-0.2, -0.15) is 0 Å². The molecule has 1 atom stereocenters. The Morgan fingerprint density at radius 2 is 1.95 bits per heavy atom. The molecule has 1 aromatic carbocycles. The highest BCUT2D eigenvalue weighted by Gasteiger charge is 2.14. The van der Waals surface area contributed by atoms with Crippen molar-refractivity contribution in [3.63, 3.8) is 0 Å². The fourth-order valence-corrected chi connectivity index (χ4v) is 1.72. The molecule has 0 aromatic heterocycles. The Labute approximate surface area is 118 Å². The van der Waals surface area contributed by atoms with Gasteiger partial charge in [0, 0.05) is 24.3 Å². The topological polar surface area (TPSA) is 49.4 Å². The molecular weight excluding hydrogens is 264 g/mol. The first-order valence-corrected chi connectivity index (χ1v) is 6.77. The predicted molar refractivity (Wildman–Crippen MR) is 77.6 cm³/mol. The van der Waals surface area contributed by atoms with Crippen LogP contribution in [-0.4, -0.2) is 35.2 Å². The van der Waals surface area contributed by atoms with Crippen LogP contribution in [0.3, 0.4) is 0 Å². The van der Waals surface area contributed by atoms with Gasteiger partial charge in [0.05, 0.1) is 0 Å². The van der Waals surface area contributed by atoms with Gasteiger partial charge in [0.25, 0.3) is 5.91 Å². The Bertz CT molecular complexity index is 457. The van der Waals surface area contributed by atoms with E-state index < -0.39 is 5.38 Å². The molecule has 0 fully saturated rings. The maximum absolute atomic E-state index is 12.2. The first-order chi connectivity index (χ1) is 8.99. The molecule has 0 saturated carbocycles. The zero-order valence-electron chi connectivity index (χ0n) is 11.4. The van der Waals surface area contributed by atoms with Gasteiger partial charge in [-0.3, -0.25) is 9.59 Å². The summed E-state index contributed by atoms with van der Waals surface area (Å²) in [6.07, 6.45) is 0. The number of hydrogen-bond donors (Lipinski definition) is 1. The highest BCUT2D eigenvalue weighted by atomic mass is 35.5. The van der Waals surface area contributed by atoms with E-state index in [9.17, 15) is 9.59 Å². The molecule has 1 rings (SSSR count). The van der Waals surface area contributed by atoms with Gasteiger partial charge in [0.1, 0.15) is 5.38 Å². The number of carbonyl (C=O) groups excluding carboxylic acids is 2. The summed E-state index contributed by atoms with van der Waals surface area (Å²) in [6.45, 7) is 6.78. The lowest BCUT2D eigenvalue weighted by atomic mass is 10.1. The molecule has 1 aromatic rings. The number of anilines is 1. The second-order valence-corrected chi connectivity index (χ2v) is 4.82. The maximum Gasteiger partial charge on any atom is 0.253 e. The van der Waals surface area contributed by atoms with Crippen LogP contribution < -0.4 is 5.32 Å². The van der Waals surface area contributed by atoms with E-state index >= 15 is 0 Å². The first-order valence-electron chi connectivity index (χ1n) is 6.33. The Morgan fingerprint density at radius 3 is 2.47 bits per heavy atom. The fourth-order valence-electron chi connectivity index (χ4n) is 1.67. The van der Waals surface area contributed by atoms with E-state index in [-0.39, 0.29) is 11.8 Å². The molecule has 4 nitrogen and oxygen atoms in total. The van der Waals surface area contributed by atoms with Crippen LogP contribution in [0.5, 0.6) is 0 Å². The summed E-state index contributed by atoms with van der Waals surface area (Å²) in [6, 6.07) is 6.87. The number of nitrogens with zero attached hydrogens (tertiary/aromatic N) is 1. The van der Waals surface area contributed by atoms with Crippen molar-refractivity contribution in [2.45, 2.75) is 26.1 Å². The maximum atomic E-state index is 12.2. The Morgan fingerprint density at radius 1 is 1.32 bits per heavy atom. The summed E-state index contributed by atoms with van der Waals surface area (Å²) < 4.78 is 0. The SMILES string of the molecule is CCN(CC)C(=O)c1cccc(NC(=O)C(C)Cl)c1. The molecule has 19 heavy (non-hydrogen) atoms. The average molecular weight is 283 g/mol. The standard InChI is InChI=1S/C14H19ClN2O2/c1-4-17(5-2)14(19)11-7-6-8-12(9-11)16-13(18)10(3)15/h6-10H,4-5H2,1-3H3,(H,16,18). The minimum atomic E-state index is -0.609. The van der Waals surface area contributed by atoms with Crippen molar-refractivity contribution in [1.29, 1.82) is 0 Å². The fraction of sp³-hybridized carbons (Fsp3) is 0.429. The Balaban J connectivity index is 2.88. The molecular formula is C14H19ClN2O2. The molecule has 104 valence electrons. The minimum absolute atomic E-state index is 0.0416. The summed E-state index contributed by atoms with van der Waals surface area (Å²) in [7, 11) is 0. The molecule has 0 spiro atoms. The monoisotopic (exact) mass is 282 g/mol. The van der Waals surface area contributed by atoms with E-state index in [0.29, 0.717) is 24.3 Å². The van der Waals surface area contributed by atoms with Crippen molar-refractivity contribution >= 4 is 29.1 Å². The quantitative estimate of drug-likeness (QED) is 0.844. The highest BCUT2D eigenvalue weighted by Crippen LogP contribution is 2.13. The van der Waals surface area contributed by atoms with E-state index in [1.54, 1.807) is 36.1 Å². The molecule has 1 unspecified atom stereocenters. The van der Waals surface area contributed by atoms with Gasteiger partial charge in [-0.05, 0) is 39.0 Å². The Kier molecular flexibility index (Phi) is 5.83. The van der Waals surface area contributed by atoms with Crippen LogP contribution in [0.2, 0.25) is 0 Å². The average Bonchev–Trinajstić information content (AvgIpc) is 2.40. The van der Waals surface area contributed by atoms with Crippen molar-refractivity contribution in [2.75, 3.05) is 18.4 Å². The lowest BCUT2D eigenvalue weighted by Crippen LogP contribution is -2.30. The third-order valence-corrected chi connectivity index (χ3v) is 2.99. The third kappa shape index (κ3) is 4.24. The summed E-state index contributed by atoms with van der Waals surface area (Å²) in [5.74, 6) is -0.325. The lowest BCUT2D eigenvalue weighted by molar-refractivity contribution is -0.115. The normalized spacial score (nSPS) is 11.8. The van der Waals surface area contributed by atoms with E-state index in [4.69, 9.17) is 11.6 Å². The van der Waals surface area contributed by atoms with Crippen molar-refractivity contribution in [3.8, 4) is 0 Å². The molecule has 0 aliphatic rings. The van der Waals surface area contributed by atoms with Crippen molar-refractivity contribution in [2.24, 2.45) is 0 Å².